The first-order chi connectivity index (χ1) is 7.40. The zero-order valence-electron chi connectivity index (χ0n) is 9.18. The van der Waals surface area contributed by atoms with Gasteiger partial charge in [-0.2, -0.15) is 5.10 Å². The van der Waals surface area contributed by atoms with Crippen LogP contribution in [0.4, 0.5) is 0 Å². The molecule has 0 aromatic carbocycles. The van der Waals surface area contributed by atoms with Gasteiger partial charge in [-0.05, 0) is 25.5 Å². The molecule has 1 aromatic heterocycles. The summed E-state index contributed by atoms with van der Waals surface area (Å²) in [4.78, 5) is 2.51. The maximum Gasteiger partial charge on any atom is 0.0565 e. The smallest absolute Gasteiger partial charge is 0.0565 e. The van der Waals surface area contributed by atoms with Gasteiger partial charge in [-0.1, -0.05) is 12.5 Å². The molecule has 1 aliphatic heterocycles. The number of rotatable bonds is 4. The fourth-order valence-electron chi connectivity index (χ4n) is 2.30. The van der Waals surface area contributed by atoms with Crippen LogP contribution in [0.2, 0.25) is 0 Å². The molecule has 3 heteroatoms. The van der Waals surface area contributed by atoms with Crippen LogP contribution in [0.3, 0.4) is 0 Å². The van der Waals surface area contributed by atoms with E-state index in [9.17, 15) is 0 Å². The molecule has 1 aromatic rings. The zero-order valence-corrected chi connectivity index (χ0v) is 9.18. The Labute approximate surface area is 91.4 Å². The lowest BCUT2D eigenvalue weighted by molar-refractivity contribution is 0.145. The van der Waals surface area contributed by atoms with Gasteiger partial charge in [-0.3, -0.25) is 9.58 Å². The van der Waals surface area contributed by atoms with Crippen LogP contribution in [0.15, 0.2) is 31.1 Å². The molecular formula is C12H19N3. The van der Waals surface area contributed by atoms with Gasteiger partial charge in [0.2, 0.25) is 0 Å². The van der Waals surface area contributed by atoms with Crippen molar-refractivity contribution in [1.29, 1.82) is 0 Å². The first kappa shape index (κ1) is 10.4. The van der Waals surface area contributed by atoms with Crippen molar-refractivity contribution in [2.75, 3.05) is 13.1 Å². The predicted octanol–water partition coefficient (Wildman–Crippen LogP) is 1.92. The van der Waals surface area contributed by atoms with Crippen LogP contribution in [0.5, 0.6) is 0 Å². The van der Waals surface area contributed by atoms with E-state index in [-0.39, 0.29) is 0 Å². The van der Waals surface area contributed by atoms with E-state index in [1.165, 1.54) is 25.8 Å². The van der Waals surface area contributed by atoms with E-state index < -0.39 is 0 Å². The highest BCUT2D eigenvalue weighted by molar-refractivity contribution is 4.85. The van der Waals surface area contributed by atoms with E-state index in [0.717, 1.165) is 13.1 Å². The fourth-order valence-corrected chi connectivity index (χ4v) is 2.30. The van der Waals surface area contributed by atoms with Gasteiger partial charge in [-0.25, -0.2) is 0 Å². The minimum Gasteiger partial charge on any atom is -0.295 e. The summed E-state index contributed by atoms with van der Waals surface area (Å²) in [6, 6.07) is 2.62. The molecule has 2 heterocycles. The molecule has 0 bridgehead atoms. The van der Waals surface area contributed by atoms with E-state index >= 15 is 0 Å². The van der Waals surface area contributed by atoms with Crippen LogP contribution in [-0.4, -0.2) is 33.8 Å². The van der Waals surface area contributed by atoms with E-state index in [4.69, 9.17) is 0 Å². The van der Waals surface area contributed by atoms with Gasteiger partial charge in [-0.15, -0.1) is 6.58 Å². The fraction of sp³-hybridized carbons (Fsp3) is 0.583. The van der Waals surface area contributed by atoms with Crippen LogP contribution in [-0.2, 0) is 6.54 Å². The number of likely N-dealkylation sites (tertiary alicyclic amines) is 1. The maximum atomic E-state index is 4.27. The Bertz CT molecular complexity index is 292. The molecule has 1 aliphatic rings. The summed E-state index contributed by atoms with van der Waals surface area (Å²) in [7, 11) is 0. The average Bonchev–Trinajstić information content (AvgIpc) is 2.74. The average molecular weight is 205 g/mol. The van der Waals surface area contributed by atoms with Crippen LogP contribution < -0.4 is 0 Å². The molecule has 15 heavy (non-hydrogen) atoms. The van der Waals surface area contributed by atoms with Crippen molar-refractivity contribution >= 4 is 0 Å². The van der Waals surface area contributed by atoms with E-state index in [1.807, 2.05) is 29.2 Å². The van der Waals surface area contributed by atoms with Gasteiger partial charge in [0.25, 0.3) is 0 Å². The van der Waals surface area contributed by atoms with Gasteiger partial charge in [0.15, 0.2) is 0 Å². The summed E-state index contributed by atoms with van der Waals surface area (Å²) in [5, 5.41) is 4.27. The molecule has 2 rings (SSSR count). The minimum absolute atomic E-state index is 0.636. The largest absolute Gasteiger partial charge is 0.295 e. The second-order valence-electron chi connectivity index (χ2n) is 4.16. The van der Waals surface area contributed by atoms with Crippen molar-refractivity contribution in [1.82, 2.24) is 14.7 Å². The molecule has 0 saturated carbocycles. The summed E-state index contributed by atoms with van der Waals surface area (Å²) in [5.41, 5.74) is 0. The Morgan fingerprint density at radius 2 is 2.40 bits per heavy atom. The number of nitrogens with zero attached hydrogens (tertiary/aromatic N) is 3. The lowest BCUT2D eigenvalue weighted by Gasteiger charge is -2.34. The van der Waals surface area contributed by atoms with Crippen LogP contribution >= 0.6 is 0 Å². The molecule has 3 nitrogen and oxygen atoms in total. The monoisotopic (exact) mass is 205 g/mol. The standard InChI is InChI=1S/C12H19N3/c1-2-8-14-9-4-3-6-12(14)11-15-10-5-7-13-15/h2,5,7,10,12H,1,3-4,6,8-9,11H2/t12-/m0/s1. The molecule has 82 valence electrons. The van der Waals surface area contributed by atoms with Crippen molar-refractivity contribution in [2.45, 2.75) is 31.8 Å². The Morgan fingerprint density at radius 1 is 1.47 bits per heavy atom. The number of hydrogen-bond acceptors (Lipinski definition) is 2. The van der Waals surface area contributed by atoms with Gasteiger partial charge in [0.1, 0.15) is 0 Å². The quantitative estimate of drug-likeness (QED) is 0.700. The highest BCUT2D eigenvalue weighted by atomic mass is 15.3. The third kappa shape index (κ3) is 2.69. The molecule has 0 aliphatic carbocycles. The third-order valence-electron chi connectivity index (χ3n) is 3.07. The SMILES string of the molecule is C=CCN1CCCC[C@H]1Cn1cccn1. The molecule has 0 unspecified atom stereocenters. The van der Waals surface area contributed by atoms with Crippen LogP contribution in [0.25, 0.3) is 0 Å². The molecule has 1 saturated heterocycles. The molecule has 1 fully saturated rings. The second kappa shape index (κ2) is 5.12. The third-order valence-corrected chi connectivity index (χ3v) is 3.07. The highest BCUT2D eigenvalue weighted by Gasteiger charge is 2.21. The number of aromatic nitrogens is 2. The van der Waals surface area contributed by atoms with Gasteiger partial charge in [0.05, 0.1) is 6.54 Å². The first-order valence-corrected chi connectivity index (χ1v) is 5.72. The lowest BCUT2D eigenvalue weighted by Crippen LogP contribution is -2.42. The van der Waals surface area contributed by atoms with Gasteiger partial charge >= 0.3 is 0 Å². The molecule has 0 N–H and O–H groups in total. The molecule has 0 radical (unpaired) electrons. The second-order valence-corrected chi connectivity index (χ2v) is 4.16. The van der Waals surface area contributed by atoms with E-state index in [1.54, 1.807) is 0 Å². The van der Waals surface area contributed by atoms with Crippen LogP contribution in [0.1, 0.15) is 19.3 Å². The molecule has 0 amide bonds. The summed E-state index contributed by atoms with van der Waals surface area (Å²) in [5.74, 6) is 0. The Kier molecular flexibility index (Phi) is 3.56. The first-order valence-electron chi connectivity index (χ1n) is 5.72. The predicted molar refractivity (Wildman–Crippen MR) is 61.6 cm³/mol. The number of hydrogen-bond donors (Lipinski definition) is 0. The van der Waals surface area contributed by atoms with Crippen molar-refractivity contribution in [3.63, 3.8) is 0 Å². The summed E-state index contributed by atoms with van der Waals surface area (Å²) in [6.45, 7) is 7.05. The van der Waals surface area contributed by atoms with Crippen molar-refractivity contribution < 1.29 is 0 Å². The Balaban J connectivity index is 1.95. The topological polar surface area (TPSA) is 21.1 Å². The maximum absolute atomic E-state index is 4.27. The zero-order chi connectivity index (χ0) is 10.5. The number of piperidine rings is 1. The Morgan fingerprint density at radius 3 is 3.13 bits per heavy atom. The van der Waals surface area contributed by atoms with Crippen molar-refractivity contribution in [2.24, 2.45) is 0 Å². The molecule has 1 atom stereocenters. The summed E-state index contributed by atoms with van der Waals surface area (Å²) >= 11 is 0. The van der Waals surface area contributed by atoms with Crippen molar-refractivity contribution in [3.8, 4) is 0 Å². The lowest BCUT2D eigenvalue weighted by atomic mass is 10.0. The summed E-state index contributed by atoms with van der Waals surface area (Å²) in [6.07, 6.45) is 9.85. The minimum atomic E-state index is 0.636. The van der Waals surface area contributed by atoms with Gasteiger partial charge < -0.3 is 0 Å². The van der Waals surface area contributed by atoms with Crippen molar-refractivity contribution in [3.05, 3.63) is 31.1 Å². The molecular weight excluding hydrogens is 186 g/mol. The normalized spacial score (nSPS) is 22.8. The molecule has 0 spiro atoms. The Hall–Kier alpha value is -1.09. The highest BCUT2D eigenvalue weighted by Crippen LogP contribution is 2.17. The summed E-state index contributed by atoms with van der Waals surface area (Å²) < 4.78 is 2.03. The van der Waals surface area contributed by atoms with Gasteiger partial charge in [0, 0.05) is 25.0 Å². The van der Waals surface area contributed by atoms with Crippen LogP contribution in [0, 0.1) is 0 Å². The van der Waals surface area contributed by atoms with E-state index in [0.29, 0.717) is 6.04 Å². The van der Waals surface area contributed by atoms with E-state index in [2.05, 4.69) is 16.6 Å².